The van der Waals surface area contributed by atoms with Crippen molar-refractivity contribution in [2.24, 2.45) is 0 Å². The second kappa shape index (κ2) is 11.6. The van der Waals surface area contributed by atoms with Gasteiger partial charge in [0, 0.05) is 29.8 Å². The zero-order chi connectivity index (χ0) is 24.5. The summed E-state index contributed by atoms with van der Waals surface area (Å²) in [6, 6.07) is 4.72. The number of unbranched alkanes of at least 4 members (excludes halogenated alkanes) is 1. The van der Waals surface area contributed by atoms with Gasteiger partial charge in [-0.05, 0) is 37.0 Å². The van der Waals surface area contributed by atoms with Crippen LogP contribution in [0.5, 0.6) is 0 Å². The van der Waals surface area contributed by atoms with Crippen molar-refractivity contribution in [1.82, 2.24) is 10.2 Å². The molecular weight excluding hydrogens is 438 g/mol. The fourth-order valence-electron chi connectivity index (χ4n) is 3.40. The molecule has 0 fully saturated rings. The molecule has 0 saturated carbocycles. The Kier molecular flexibility index (Phi) is 8.92. The van der Waals surface area contributed by atoms with Crippen LogP contribution < -0.4 is 16.7 Å². The number of carboxylic acid groups (broad SMARTS) is 3. The molecule has 12 nitrogen and oxygen atoms in total. The molecule has 1 heterocycles. The van der Waals surface area contributed by atoms with Crippen LogP contribution in [0.3, 0.4) is 0 Å². The number of anilines is 1. The van der Waals surface area contributed by atoms with E-state index in [0.29, 0.717) is 29.5 Å². The zero-order valence-electron chi connectivity index (χ0n) is 17.7. The Morgan fingerprint density at radius 3 is 2.30 bits per heavy atom. The number of benzene rings is 1. The molecule has 0 aliphatic carbocycles. The lowest BCUT2D eigenvalue weighted by molar-refractivity contribution is -0.149. The molecule has 0 aliphatic heterocycles. The van der Waals surface area contributed by atoms with Crippen LogP contribution in [0.1, 0.15) is 24.8 Å². The zero-order valence-corrected chi connectivity index (χ0v) is 17.7. The van der Waals surface area contributed by atoms with E-state index < -0.39 is 42.7 Å². The third-order valence-corrected chi connectivity index (χ3v) is 4.83. The maximum Gasteiger partial charge on any atom is 0.336 e. The molecule has 1 unspecified atom stereocenters. The third-order valence-electron chi connectivity index (χ3n) is 4.83. The SMILES string of the molecule is Nc1ccc2c(CC(=O)NCCCCC(C(=O)O)N(CC(=O)O)CC(=O)O)cc(=O)oc2c1. The number of nitrogens with zero attached hydrogens (tertiary/aromatic N) is 1. The van der Waals surface area contributed by atoms with Crippen molar-refractivity contribution < 1.29 is 38.9 Å². The molecule has 1 amide bonds. The van der Waals surface area contributed by atoms with Crippen molar-refractivity contribution in [1.29, 1.82) is 0 Å². The summed E-state index contributed by atoms with van der Waals surface area (Å²) in [6.45, 7) is -1.22. The van der Waals surface area contributed by atoms with Crippen molar-refractivity contribution in [3.63, 3.8) is 0 Å². The summed E-state index contributed by atoms with van der Waals surface area (Å²) in [5.74, 6) is -4.34. The Hall–Kier alpha value is -3.93. The Morgan fingerprint density at radius 1 is 1.03 bits per heavy atom. The first-order valence-corrected chi connectivity index (χ1v) is 10.1. The lowest BCUT2D eigenvalue weighted by atomic mass is 10.1. The Labute approximate surface area is 187 Å². The van der Waals surface area contributed by atoms with E-state index >= 15 is 0 Å². The highest BCUT2D eigenvalue weighted by molar-refractivity contribution is 5.88. The molecule has 178 valence electrons. The number of aliphatic carboxylic acids is 3. The number of carboxylic acids is 3. The monoisotopic (exact) mass is 463 g/mol. The average molecular weight is 463 g/mol. The molecule has 0 aliphatic rings. The molecule has 2 aromatic rings. The lowest BCUT2D eigenvalue weighted by Gasteiger charge is -2.25. The number of carbonyl (C=O) groups is 4. The minimum Gasteiger partial charge on any atom is -0.480 e. The van der Waals surface area contributed by atoms with E-state index in [1.54, 1.807) is 12.1 Å². The Morgan fingerprint density at radius 2 is 1.70 bits per heavy atom. The molecular formula is C21H25N3O9. The lowest BCUT2D eigenvalue weighted by Crippen LogP contribution is -2.46. The first kappa shape index (κ1) is 25.3. The molecule has 1 aromatic carbocycles. The number of rotatable bonds is 13. The largest absolute Gasteiger partial charge is 0.480 e. The van der Waals surface area contributed by atoms with Gasteiger partial charge in [-0.3, -0.25) is 24.1 Å². The quantitative estimate of drug-likeness (QED) is 0.153. The summed E-state index contributed by atoms with van der Waals surface area (Å²) < 4.78 is 5.09. The predicted molar refractivity (Wildman–Crippen MR) is 116 cm³/mol. The number of nitrogens with two attached hydrogens (primary N) is 1. The molecule has 33 heavy (non-hydrogen) atoms. The minimum atomic E-state index is -1.33. The topological polar surface area (TPSA) is 200 Å². The highest BCUT2D eigenvalue weighted by Gasteiger charge is 2.28. The van der Waals surface area contributed by atoms with Crippen LogP contribution in [0.2, 0.25) is 0 Å². The number of amides is 1. The van der Waals surface area contributed by atoms with Crippen molar-refractivity contribution in [2.75, 3.05) is 25.4 Å². The van der Waals surface area contributed by atoms with E-state index in [0.717, 1.165) is 4.90 Å². The normalized spacial score (nSPS) is 11.9. The maximum atomic E-state index is 12.3. The van der Waals surface area contributed by atoms with Crippen molar-refractivity contribution in [3.05, 3.63) is 40.2 Å². The number of nitrogen functional groups attached to an aromatic ring is 1. The van der Waals surface area contributed by atoms with Gasteiger partial charge >= 0.3 is 23.5 Å². The second-order valence-corrected chi connectivity index (χ2v) is 7.42. The number of hydrogen-bond donors (Lipinski definition) is 5. The predicted octanol–water partition coefficient (Wildman–Crippen LogP) is 0.129. The van der Waals surface area contributed by atoms with Crippen molar-refractivity contribution in [2.45, 2.75) is 31.7 Å². The standard InChI is InChI=1S/C21H25N3O9/c22-13-4-5-14-12(8-20(30)33-16(14)9-13)7-17(25)23-6-2-1-3-15(21(31)32)24(10-18(26)27)11-19(28)29/h4-5,8-9,15H,1-3,6-7,10-11,22H2,(H,23,25)(H,26,27)(H,28,29)(H,31,32). The van der Waals surface area contributed by atoms with Crippen molar-refractivity contribution >= 4 is 40.5 Å². The summed E-state index contributed by atoms with van der Waals surface area (Å²) in [7, 11) is 0. The van der Waals surface area contributed by atoms with Gasteiger partial charge in [-0.25, -0.2) is 4.79 Å². The van der Waals surface area contributed by atoms with Gasteiger partial charge in [0.25, 0.3) is 0 Å². The fraction of sp³-hybridized carbons (Fsp3) is 0.381. The van der Waals surface area contributed by atoms with E-state index in [1.807, 2.05) is 0 Å². The van der Waals surface area contributed by atoms with Gasteiger partial charge in [0.2, 0.25) is 5.91 Å². The summed E-state index contributed by atoms with van der Waals surface area (Å²) in [6.07, 6.45) is 0.633. The highest BCUT2D eigenvalue weighted by Crippen LogP contribution is 2.20. The summed E-state index contributed by atoms with van der Waals surface area (Å²) in [5.41, 5.74) is 6.24. The van der Waals surface area contributed by atoms with E-state index in [9.17, 15) is 29.1 Å². The van der Waals surface area contributed by atoms with Gasteiger partial charge in [0.1, 0.15) is 11.6 Å². The molecule has 12 heteroatoms. The van der Waals surface area contributed by atoms with Gasteiger partial charge in [0.15, 0.2) is 0 Å². The van der Waals surface area contributed by atoms with Crippen LogP contribution in [0.25, 0.3) is 11.0 Å². The molecule has 6 N–H and O–H groups in total. The Bertz CT molecular complexity index is 1080. The number of carbonyl (C=O) groups excluding carboxylic acids is 1. The summed E-state index contributed by atoms with van der Waals surface area (Å²) in [4.78, 5) is 58.3. The first-order chi connectivity index (χ1) is 15.6. The van der Waals surface area contributed by atoms with E-state index in [-0.39, 0.29) is 30.9 Å². The number of nitrogens with one attached hydrogen (secondary N) is 1. The van der Waals surface area contributed by atoms with Gasteiger partial charge in [-0.15, -0.1) is 0 Å². The van der Waals surface area contributed by atoms with Crippen LogP contribution in [0.4, 0.5) is 5.69 Å². The van der Waals surface area contributed by atoms with Crippen LogP contribution in [-0.2, 0) is 25.6 Å². The van der Waals surface area contributed by atoms with E-state index in [4.69, 9.17) is 20.4 Å². The number of hydrogen-bond acceptors (Lipinski definition) is 8. The Balaban J connectivity index is 1.88. The first-order valence-electron chi connectivity index (χ1n) is 10.1. The molecule has 2 rings (SSSR count). The molecule has 0 radical (unpaired) electrons. The molecule has 0 bridgehead atoms. The van der Waals surface area contributed by atoms with Gasteiger partial charge in [-0.1, -0.05) is 0 Å². The molecule has 1 atom stereocenters. The highest BCUT2D eigenvalue weighted by atomic mass is 16.4. The molecule has 0 saturated heterocycles. The van der Waals surface area contributed by atoms with Crippen LogP contribution in [0.15, 0.2) is 33.5 Å². The van der Waals surface area contributed by atoms with Crippen LogP contribution in [-0.4, -0.2) is 69.7 Å². The van der Waals surface area contributed by atoms with Gasteiger partial charge in [0.05, 0.1) is 19.5 Å². The third kappa shape index (κ3) is 7.92. The van der Waals surface area contributed by atoms with E-state index in [1.165, 1.54) is 12.1 Å². The summed E-state index contributed by atoms with van der Waals surface area (Å²) >= 11 is 0. The van der Waals surface area contributed by atoms with Crippen molar-refractivity contribution in [3.8, 4) is 0 Å². The average Bonchev–Trinajstić information content (AvgIpc) is 2.68. The van der Waals surface area contributed by atoms with Gasteiger partial charge < -0.3 is 30.8 Å². The smallest absolute Gasteiger partial charge is 0.336 e. The number of fused-ring (bicyclic) bond motifs is 1. The summed E-state index contributed by atoms with van der Waals surface area (Å²) in [5, 5.41) is 30.4. The van der Waals surface area contributed by atoms with E-state index in [2.05, 4.69) is 5.32 Å². The van der Waals surface area contributed by atoms with Crippen LogP contribution >= 0.6 is 0 Å². The van der Waals surface area contributed by atoms with Crippen LogP contribution in [0, 0.1) is 0 Å². The fourth-order valence-corrected chi connectivity index (χ4v) is 3.40. The maximum absolute atomic E-state index is 12.3. The molecule has 0 spiro atoms. The molecule has 1 aromatic heterocycles. The van der Waals surface area contributed by atoms with Gasteiger partial charge in [-0.2, -0.15) is 0 Å². The minimum absolute atomic E-state index is 0.0115. The second-order valence-electron chi connectivity index (χ2n) is 7.42.